The highest BCUT2D eigenvalue weighted by Crippen LogP contribution is 2.52. The monoisotopic (exact) mass is 1300 g/mol. The second-order valence-electron chi connectivity index (χ2n) is 25.2. The Bertz CT molecular complexity index is 3100. The Morgan fingerprint density at radius 3 is 2.28 bits per heavy atom. The van der Waals surface area contributed by atoms with Crippen LogP contribution in [0.2, 0.25) is 0 Å². The van der Waals surface area contributed by atoms with Gasteiger partial charge in [-0.15, -0.1) is 0 Å². The number of Topliss-reactive ketones (excluding diaryl/α,β-unsaturated/α-hetero) is 1. The average Bonchev–Trinajstić information content (AvgIpc) is 1.54. The number of esters is 3. The predicted octanol–water partition coefficient (Wildman–Crippen LogP) is 9.24. The molecule has 2 aromatic rings. The van der Waals surface area contributed by atoms with Gasteiger partial charge in [-0.05, 0) is 132 Å². The SMILES string of the molecule is COc1cc2cc(c1C)C(C)C(=O)C[C@H](OC(=O)[C@H](C)N(C)C(=O)CCOC(=O)C(C)CCC(C)C(=O)OCc1ccc(NC(=O)OC3/C=C/CCCCC3)c(NC(=O)CCNC(=O)CSC)c1)[C@]1(C)O[C@H]1[C@H](C)C1(C)CC(O)(NC(=O)O1)C(OC)/C=C/C=C(\C)C2. The number of amides is 5. The lowest BCUT2D eigenvalue weighted by Crippen LogP contribution is -2.67. The second kappa shape index (κ2) is 33.5. The van der Waals surface area contributed by atoms with Gasteiger partial charge in [0.2, 0.25) is 17.7 Å². The van der Waals surface area contributed by atoms with Crippen LogP contribution in [0.3, 0.4) is 0 Å². The minimum atomic E-state index is -1.92. The van der Waals surface area contributed by atoms with E-state index >= 15 is 0 Å². The molecule has 23 nitrogen and oxygen atoms in total. The van der Waals surface area contributed by atoms with Gasteiger partial charge in [-0.25, -0.2) is 14.4 Å². The summed E-state index contributed by atoms with van der Waals surface area (Å²) < 4.78 is 46.9. The Labute approximate surface area is 544 Å². The number of thioether (sulfide) groups is 1. The van der Waals surface area contributed by atoms with Crippen LogP contribution in [0.25, 0.3) is 0 Å². The summed E-state index contributed by atoms with van der Waals surface area (Å²) in [4.78, 5) is 122. The van der Waals surface area contributed by atoms with Crippen LogP contribution in [0.1, 0.15) is 154 Å². The molecule has 0 radical (unpaired) electrons. The van der Waals surface area contributed by atoms with Crippen molar-refractivity contribution in [3.63, 3.8) is 0 Å². The Morgan fingerprint density at radius 1 is 0.870 bits per heavy atom. The van der Waals surface area contributed by atoms with Gasteiger partial charge in [-0.1, -0.05) is 76.1 Å². The van der Waals surface area contributed by atoms with Gasteiger partial charge in [0.05, 0.1) is 48.6 Å². The summed E-state index contributed by atoms with van der Waals surface area (Å²) in [6.45, 7) is 15.2. The van der Waals surface area contributed by atoms with Crippen LogP contribution in [-0.2, 0) is 79.7 Å². The van der Waals surface area contributed by atoms with Gasteiger partial charge >= 0.3 is 30.1 Å². The molecular weight excluding hydrogens is 1210 g/mol. The molecule has 6 rings (SSSR count). The fourth-order valence-corrected chi connectivity index (χ4v) is 12.1. The van der Waals surface area contributed by atoms with Crippen molar-refractivity contribution < 1.29 is 86.2 Å². The second-order valence-corrected chi connectivity index (χ2v) is 26.0. The first-order chi connectivity index (χ1) is 43.5. The number of aliphatic hydroxyl groups is 1. The lowest BCUT2D eigenvalue weighted by molar-refractivity contribution is -0.174. The Hall–Kier alpha value is -7.28. The fourth-order valence-electron chi connectivity index (χ4n) is 11.7. The number of fused-ring (bicyclic) bond motifs is 5. The Kier molecular flexibility index (Phi) is 26.9. The van der Waals surface area contributed by atoms with Gasteiger partial charge in [0.1, 0.15) is 60.3 Å². The van der Waals surface area contributed by atoms with E-state index in [9.17, 15) is 48.3 Å². The lowest BCUT2D eigenvalue weighted by atomic mass is 9.75. The van der Waals surface area contributed by atoms with Crippen molar-refractivity contribution in [2.75, 3.05) is 57.1 Å². The van der Waals surface area contributed by atoms with Gasteiger partial charge in [0, 0.05) is 51.8 Å². The fraction of sp³-hybridized carbons (Fsp3) is 0.603. The van der Waals surface area contributed by atoms with Gasteiger partial charge in [-0.2, -0.15) is 11.8 Å². The first-order valence-corrected chi connectivity index (χ1v) is 33.0. The topological polar surface area (TPSA) is 302 Å². The number of epoxide rings is 1. The molecule has 0 spiro atoms. The third kappa shape index (κ3) is 20.1. The minimum absolute atomic E-state index is 0.0448. The molecular formula is C68H95N5O18S. The van der Waals surface area contributed by atoms with Crippen molar-refractivity contribution in [2.45, 2.75) is 199 Å². The minimum Gasteiger partial charge on any atom is -0.496 e. The quantitative estimate of drug-likeness (QED) is 0.0299. The van der Waals surface area contributed by atoms with Crippen molar-refractivity contribution in [2.24, 2.45) is 17.8 Å². The zero-order valence-corrected chi connectivity index (χ0v) is 56.3. The summed E-state index contributed by atoms with van der Waals surface area (Å²) in [6.07, 6.45) is 10.8. The number of hydrogen-bond donors (Lipinski definition) is 5. The molecule has 2 saturated heterocycles. The normalized spacial score (nSPS) is 27.1. The number of likely N-dealkylation sites (N-methyl/N-ethyl adjacent to an activating group) is 1. The molecule has 5 N–H and O–H groups in total. The molecule has 506 valence electrons. The first kappa shape index (κ1) is 73.8. The van der Waals surface area contributed by atoms with E-state index in [4.69, 9.17) is 37.9 Å². The van der Waals surface area contributed by atoms with Crippen LogP contribution in [0.15, 0.2) is 66.3 Å². The molecule has 2 aliphatic heterocycles. The molecule has 2 aromatic carbocycles. The standard InChI is InChI=1S/C68H95N5O18S/c1-40-20-19-23-55(85-12)68(83)39-66(8,91-65(82)72-68)45(6)60-67(9,90-60)56(36-53(74)43(4)50-33-48(32-40)35-54(84-11)44(50)5)89-63(80)46(7)73(10)59(77)29-31-86-61(78)41(2)24-25-42(3)62(79)87-37-47-26-27-51(71-64(81)88-49-21-17-15-14-16-18-22-49)52(34-47)70-57(75)28-30-69-58(76)38-92-13/h17,19-21,23,26-27,33-35,41-43,45-46,49,55-56,60,83H,14-16,18,22,24-25,28-32,36-39H2,1-13H3,(H,69,76)(H,70,75)(H,71,81)(H,72,82)/b21-17+,23-19+,40-20+/t41?,42?,43?,45-,46-,49?,55?,56-,60-,66?,67-,68?/m0/s1. The maximum absolute atomic E-state index is 14.6. The zero-order valence-electron chi connectivity index (χ0n) is 55.5. The lowest BCUT2D eigenvalue weighted by Gasteiger charge is -2.47. The van der Waals surface area contributed by atoms with Crippen LogP contribution in [-0.4, -0.2) is 157 Å². The van der Waals surface area contributed by atoms with Gasteiger partial charge in [0.25, 0.3) is 0 Å². The largest absolute Gasteiger partial charge is 0.496 e. The van der Waals surface area contributed by atoms with E-state index < -0.39 is 113 Å². The van der Waals surface area contributed by atoms with E-state index in [1.165, 1.54) is 37.7 Å². The molecule has 7 unspecified atom stereocenters. The number of hydrogen-bond acceptors (Lipinski definition) is 19. The number of nitrogens with one attached hydrogen (secondary N) is 4. The van der Waals surface area contributed by atoms with Crippen molar-refractivity contribution in [3.8, 4) is 5.75 Å². The summed E-state index contributed by atoms with van der Waals surface area (Å²) in [5, 5.41) is 22.8. The van der Waals surface area contributed by atoms with E-state index in [0.717, 1.165) is 47.9 Å². The van der Waals surface area contributed by atoms with Crippen LogP contribution in [0.4, 0.5) is 21.0 Å². The highest BCUT2D eigenvalue weighted by molar-refractivity contribution is 7.99. The highest BCUT2D eigenvalue weighted by Gasteiger charge is 2.67. The number of alkyl carbamates (subject to hydrolysis) is 1. The smallest absolute Gasteiger partial charge is 0.412 e. The molecule has 2 heterocycles. The first-order valence-electron chi connectivity index (χ1n) is 31.6. The Balaban J connectivity index is 1.04. The summed E-state index contributed by atoms with van der Waals surface area (Å²) in [5.41, 5.74) is -0.316. The molecule has 2 aliphatic carbocycles. The number of allylic oxidation sites excluding steroid dienone is 4. The summed E-state index contributed by atoms with van der Waals surface area (Å²) >= 11 is 1.35. The summed E-state index contributed by atoms with van der Waals surface area (Å²) in [5.74, 6) is -5.26. The molecule has 0 saturated carbocycles. The number of nitrogens with zero attached hydrogens (tertiary/aromatic N) is 1. The maximum Gasteiger partial charge on any atom is 0.412 e. The maximum atomic E-state index is 14.6. The predicted molar refractivity (Wildman–Crippen MR) is 345 cm³/mol. The number of benzene rings is 2. The molecule has 4 bridgehead atoms. The van der Waals surface area contributed by atoms with Gasteiger partial charge < -0.3 is 58.5 Å². The van der Waals surface area contributed by atoms with Crippen LogP contribution < -0.4 is 26.0 Å². The third-order valence-corrected chi connectivity index (χ3v) is 18.5. The van der Waals surface area contributed by atoms with Crippen LogP contribution in [0.5, 0.6) is 5.75 Å². The molecule has 24 heteroatoms. The molecule has 4 aliphatic rings. The number of methoxy groups -OCH3 is 2. The van der Waals surface area contributed by atoms with Crippen molar-refractivity contribution in [1.29, 1.82) is 0 Å². The van der Waals surface area contributed by atoms with E-state index in [1.807, 2.05) is 44.2 Å². The molecule has 12 atom stereocenters. The number of rotatable bonds is 23. The van der Waals surface area contributed by atoms with Crippen molar-refractivity contribution in [1.82, 2.24) is 15.5 Å². The van der Waals surface area contributed by atoms with Gasteiger partial charge in [-0.3, -0.25) is 39.4 Å². The number of ether oxygens (including phenoxy) is 8. The zero-order chi connectivity index (χ0) is 67.7. The highest BCUT2D eigenvalue weighted by atomic mass is 32.2. The number of carbonyl (C=O) groups is 9. The average molecular weight is 1300 g/mol. The summed E-state index contributed by atoms with van der Waals surface area (Å²) in [6, 6.07) is 7.46. The number of carbonyl (C=O) groups excluding carboxylic acids is 9. The summed E-state index contributed by atoms with van der Waals surface area (Å²) in [7, 11) is 4.39. The third-order valence-electron chi connectivity index (χ3n) is 18.0. The Morgan fingerprint density at radius 2 is 1.59 bits per heavy atom. The number of ketones is 1. The van der Waals surface area contributed by atoms with Crippen molar-refractivity contribution in [3.05, 3.63) is 88.5 Å². The van der Waals surface area contributed by atoms with Crippen LogP contribution >= 0.6 is 11.8 Å². The van der Waals surface area contributed by atoms with E-state index in [0.29, 0.717) is 24.2 Å². The van der Waals surface area contributed by atoms with Crippen molar-refractivity contribution >= 4 is 76.7 Å². The number of anilines is 2. The molecule has 2 fully saturated rings. The van der Waals surface area contributed by atoms with Crippen LogP contribution in [0, 0.1) is 24.7 Å². The van der Waals surface area contributed by atoms with E-state index in [2.05, 4.69) is 21.3 Å². The van der Waals surface area contributed by atoms with E-state index in [1.54, 1.807) is 85.3 Å². The van der Waals surface area contributed by atoms with Gasteiger partial charge in [0.15, 0.2) is 5.72 Å². The molecule has 5 amide bonds. The van der Waals surface area contributed by atoms with E-state index in [-0.39, 0.29) is 87.1 Å². The molecule has 0 aromatic heterocycles. The molecule has 92 heavy (non-hydrogen) atoms.